The molecule has 0 spiro atoms. The fourth-order valence-corrected chi connectivity index (χ4v) is 4.84. The van der Waals surface area contributed by atoms with Crippen molar-refractivity contribution in [3.05, 3.63) is 0 Å². The summed E-state index contributed by atoms with van der Waals surface area (Å²) in [5.74, 6) is -0.116. The van der Waals surface area contributed by atoms with Gasteiger partial charge in [-0.2, -0.15) is 4.37 Å². The Kier molecular flexibility index (Phi) is 8.24. The van der Waals surface area contributed by atoms with Gasteiger partial charge in [0, 0.05) is 0 Å². The van der Waals surface area contributed by atoms with E-state index in [2.05, 4.69) is 24.9 Å². The number of nitrogens with one attached hydrogen (secondary N) is 1. The predicted molar refractivity (Wildman–Crippen MR) is 98.3 cm³/mol. The normalized spacial score (nSPS) is 10.6. The van der Waals surface area contributed by atoms with Crippen molar-refractivity contribution in [2.24, 2.45) is 0 Å². The van der Waals surface area contributed by atoms with E-state index in [1.807, 2.05) is 6.26 Å². The molecule has 13 heteroatoms. The van der Waals surface area contributed by atoms with E-state index in [9.17, 15) is 9.59 Å². The van der Waals surface area contributed by atoms with Gasteiger partial charge in [0.25, 0.3) is 0 Å². The van der Waals surface area contributed by atoms with Crippen LogP contribution in [0.2, 0.25) is 0 Å². The highest BCUT2D eigenvalue weighted by Gasteiger charge is 2.12. The summed E-state index contributed by atoms with van der Waals surface area (Å²) in [6, 6.07) is 0. The first-order valence-corrected chi connectivity index (χ1v) is 11.3. The van der Waals surface area contributed by atoms with Crippen molar-refractivity contribution in [3.8, 4) is 0 Å². The van der Waals surface area contributed by atoms with Crippen LogP contribution in [0.4, 0.5) is 5.13 Å². The molecule has 0 fully saturated rings. The van der Waals surface area contributed by atoms with Gasteiger partial charge in [0.2, 0.25) is 16.2 Å². The van der Waals surface area contributed by atoms with Crippen LogP contribution in [0.1, 0.15) is 6.92 Å². The highest BCUT2D eigenvalue weighted by Crippen LogP contribution is 2.26. The number of esters is 1. The number of aromatic nitrogens is 4. The molecule has 0 aliphatic rings. The maximum Gasteiger partial charge on any atom is 0.316 e. The summed E-state index contributed by atoms with van der Waals surface area (Å²) in [6.07, 6.45) is 1.90. The summed E-state index contributed by atoms with van der Waals surface area (Å²) >= 11 is 6.49. The Bertz CT molecular complexity index is 691. The Morgan fingerprint density at radius 3 is 2.71 bits per heavy atom. The SMILES string of the molecule is CCOC(=O)CSc1nnc(NC(=O)CSc2nc(SC)ns2)s1. The number of amides is 1. The topological polar surface area (TPSA) is 107 Å². The summed E-state index contributed by atoms with van der Waals surface area (Å²) in [7, 11) is 0. The minimum atomic E-state index is -0.304. The second-order valence-electron chi connectivity index (χ2n) is 3.85. The molecule has 0 unspecified atom stereocenters. The van der Waals surface area contributed by atoms with E-state index in [0.29, 0.717) is 21.2 Å². The molecule has 1 N–H and O–H groups in total. The molecule has 0 bridgehead atoms. The number of nitrogens with zero attached hydrogens (tertiary/aromatic N) is 4. The van der Waals surface area contributed by atoms with Gasteiger partial charge in [-0.25, -0.2) is 4.98 Å². The van der Waals surface area contributed by atoms with Crippen LogP contribution >= 0.6 is 58.2 Å². The fraction of sp³-hybridized carbons (Fsp3) is 0.455. The monoisotopic (exact) mass is 423 g/mol. The van der Waals surface area contributed by atoms with Crippen molar-refractivity contribution in [1.29, 1.82) is 0 Å². The molecule has 2 heterocycles. The number of carbonyl (C=O) groups excluding carboxylic acids is 2. The van der Waals surface area contributed by atoms with Crippen LogP contribution in [0.15, 0.2) is 13.8 Å². The number of hydrogen-bond donors (Lipinski definition) is 1. The molecule has 0 saturated heterocycles. The van der Waals surface area contributed by atoms with Crippen molar-refractivity contribution in [1.82, 2.24) is 19.6 Å². The standard InChI is InChI=1S/C11H13N5O3S5/c1-3-19-7(18)5-22-11-15-14-8(23-11)12-6(17)4-21-10-13-9(20-2)16-24-10/h3-5H2,1-2H3,(H,12,14,17). The summed E-state index contributed by atoms with van der Waals surface area (Å²) in [4.78, 5) is 27.4. The Balaban J connectivity index is 1.74. The van der Waals surface area contributed by atoms with Gasteiger partial charge < -0.3 is 4.74 Å². The van der Waals surface area contributed by atoms with Gasteiger partial charge in [0.1, 0.15) is 0 Å². The van der Waals surface area contributed by atoms with Crippen LogP contribution in [0.3, 0.4) is 0 Å². The van der Waals surface area contributed by atoms with Crippen LogP contribution in [0.5, 0.6) is 0 Å². The average molecular weight is 424 g/mol. The number of ether oxygens (including phenoxy) is 1. The fourth-order valence-electron chi connectivity index (χ4n) is 1.26. The molecule has 130 valence electrons. The van der Waals surface area contributed by atoms with E-state index < -0.39 is 0 Å². The van der Waals surface area contributed by atoms with Gasteiger partial charge in [0.05, 0.1) is 18.1 Å². The van der Waals surface area contributed by atoms with Crippen molar-refractivity contribution in [2.45, 2.75) is 20.8 Å². The van der Waals surface area contributed by atoms with Gasteiger partial charge >= 0.3 is 5.97 Å². The Labute approximate surface area is 159 Å². The quantitative estimate of drug-likeness (QED) is 0.367. The van der Waals surface area contributed by atoms with Gasteiger partial charge in [-0.1, -0.05) is 46.6 Å². The number of carbonyl (C=O) groups is 2. The maximum atomic E-state index is 11.9. The van der Waals surface area contributed by atoms with Crippen LogP contribution in [-0.4, -0.2) is 55.8 Å². The molecule has 2 aromatic heterocycles. The van der Waals surface area contributed by atoms with Crippen molar-refractivity contribution in [2.75, 3.05) is 29.7 Å². The van der Waals surface area contributed by atoms with E-state index in [1.165, 1.54) is 58.2 Å². The lowest BCUT2D eigenvalue weighted by Crippen LogP contribution is -2.13. The highest BCUT2D eigenvalue weighted by atomic mass is 32.2. The molecule has 0 aliphatic heterocycles. The van der Waals surface area contributed by atoms with E-state index >= 15 is 0 Å². The first-order chi connectivity index (χ1) is 11.6. The number of anilines is 1. The third-order valence-electron chi connectivity index (χ3n) is 2.17. The van der Waals surface area contributed by atoms with Crippen molar-refractivity contribution in [3.63, 3.8) is 0 Å². The average Bonchev–Trinajstić information content (AvgIpc) is 3.20. The molecular weight excluding hydrogens is 410 g/mol. The Morgan fingerprint density at radius 2 is 2.00 bits per heavy atom. The van der Waals surface area contributed by atoms with Crippen molar-refractivity contribution < 1.29 is 14.3 Å². The summed E-state index contributed by atoms with van der Waals surface area (Å²) in [5.41, 5.74) is 0. The minimum absolute atomic E-state index is 0.168. The van der Waals surface area contributed by atoms with Crippen LogP contribution in [0.25, 0.3) is 0 Å². The van der Waals surface area contributed by atoms with E-state index in [1.54, 1.807) is 6.92 Å². The lowest BCUT2D eigenvalue weighted by atomic mass is 10.7. The molecule has 0 radical (unpaired) electrons. The Hall–Kier alpha value is -0.890. The molecule has 2 aromatic rings. The predicted octanol–water partition coefficient (Wildman–Crippen LogP) is 2.50. The smallest absolute Gasteiger partial charge is 0.316 e. The first-order valence-electron chi connectivity index (χ1n) is 6.53. The van der Waals surface area contributed by atoms with E-state index in [0.717, 1.165) is 4.34 Å². The van der Waals surface area contributed by atoms with E-state index in [-0.39, 0.29) is 23.4 Å². The molecule has 0 aromatic carbocycles. The largest absolute Gasteiger partial charge is 0.465 e. The number of rotatable bonds is 9. The number of hydrogen-bond acceptors (Lipinski definition) is 12. The zero-order valence-corrected chi connectivity index (χ0v) is 16.8. The summed E-state index contributed by atoms with van der Waals surface area (Å²) in [5, 5.41) is 11.6. The van der Waals surface area contributed by atoms with Gasteiger partial charge in [0.15, 0.2) is 8.68 Å². The lowest BCUT2D eigenvalue weighted by molar-refractivity contribution is -0.139. The zero-order valence-electron chi connectivity index (χ0n) is 12.7. The molecule has 2 rings (SSSR count). The molecule has 24 heavy (non-hydrogen) atoms. The van der Waals surface area contributed by atoms with Crippen LogP contribution in [-0.2, 0) is 14.3 Å². The van der Waals surface area contributed by atoms with Crippen LogP contribution in [0, 0.1) is 0 Å². The second kappa shape index (κ2) is 10.2. The zero-order chi connectivity index (χ0) is 17.4. The maximum absolute atomic E-state index is 11.9. The Morgan fingerprint density at radius 1 is 1.21 bits per heavy atom. The molecule has 0 aliphatic carbocycles. The molecule has 0 saturated carbocycles. The van der Waals surface area contributed by atoms with Gasteiger partial charge in [-0.05, 0) is 24.7 Å². The number of thioether (sulfide) groups is 3. The molecule has 1 amide bonds. The second-order valence-corrected chi connectivity index (χ2v) is 8.80. The summed E-state index contributed by atoms with van der Waals surface area (Å²) in [6.45, 7) is 2.10. The highest BCUT2D eigenvalue weighted by molar-refractivity contribution is 8.02. The molecule has 8 nitrogen and oxygen atoms in total. The first kappa shape index (κ1) is 19.4. The summed E-state index contributed by atoms with van der Waals surface area (Å²) < 4.78 is 10.3. The molecule has 0 atom stereocenters. The minimum Gasteiger partial charge on any atom is -0.465 e. The van der Waals surface area contributed by atoms with E-state index in [4.69, 9.17) is 4.74 Å². The lowest BCUT2D eigenvalue weighted by Gasteiger charge is -1.99. The third kappa shape index (κ3) is 6.55. The van der Waals surface area contributed by atoms with Crippen molar-refractivity contribution >= 4 is 75.2 Å². The van der Waals surface area contributed by atoms with Gasteiger partial charge in [-0.15, -0.1) is 10.2 Å². The van der Waals surface area contributed by atoms with Crippen LogP contribution < -0.4 is 5.32 Å². The van der Waals surface area contributed by atoms with Gasteiger partial charge in [-0.3, -0.25) is 14.9 Å². The molecular formula is C11H13N5O3S5. The third-order valence-corrected chi connectivity index (χ3v) is 6.61.